The summed E-state index contributed by atoms with van der Waals surface area (Å²) in [5, 5.41) is 0. The molecule has 78 valence electrons. The van der Waals surface area contributed by atoms with Gasteiger partial charge in [0.1, 0.15) is 5.75 Å². The summed E-state index contributed by atoms with van der Waals surface area (Å²) in [6, 6.07) is 3.35. The number of rotatable bonds is 1. The number of carbonyl (C=O) groups is 2. The number of halogens is 1. The van der Waals surface area contributed by atoms with Crippen LogP contribution in [0.1, 0.15) is 15.9 Å². The second-order valence-electron chi connectivity index (χ2n) is 3.26. The van der Waals surface area contributed by atoms with Gasteiger partial charge in [0, 0.05) is 0 Å². The lowest BCUT2D eigenvalue weighted by atomic mass is 10.1. The van der Waals surface area contributed by atoms with E-state index in [-0.39, 0.29) is 0 Å². The lowest BCUT2D eigenvalue weighted by Crippen LogP contribution is -2.19. The van der Waals surface area contributed by atoms with Gasteiger partial charge in [-0.2, -0.15) is 0 Å². The molecule has 0 saturated carbocycles. The summed E-state index contributed by atoms with van der Waals surface area (Å²) < 4.78 is 6.24. The summed E-state index contributed by atoms with van der Waals surface area (Å²) in [5.74, 6) is -0.500. The number of anilines is 1. The summed E-state index contributed by atoms with van der Waals surface area (Å²) in [6.45, 7) is 1.82. The number of hydrogen-bond acceptors (Lipinski definition) is 3. The lowest BCUT2D eigenvalue weighted by molar-refractivity contribution is -0.113. The summed E-state index contributed by atoms with van der Waals surface area (Å²) in [7, 11) is 1.52. The molecule has 0 fully saturated rings. The minimum atomic E-state index is -0.568. The fraction of sp³-hybridized carbons (Fsp3) is 0.200. The molecule has 0 bridgehead atoms. The fourth-order valence-corrected chi connectivity index (χ4v) is 2.24. The highest BCUT2D eigenvalue weighted by Crippen LogP contribution is 2.37. The monoisotopic (exact) mass is 269 g/mol. The van der Waals surface area contributed by atoms with Crippen LogP contribution in [0.5, 0.6) is 5.75 Å². The van der Waals surface area contributed by atoms with Crippen LogP contribution in [0.4, 0.5) is 5.69 Å². The van der Waals surface area contributed by atoms with Crippen molar-refractivity contribution < 1.29 is 14.3 Å². The molecule has 0 aliphatic carbocycles. The molecule has 15 heavy (non-hydrogen) atoms. The van der Waals surface area contributed by atoms with E-state index in [1.54, 1.807) is 12.1 Å². The maximum absolute atomic E-state index is 11.6. The van der Waals surface area contributed by atoms with E-state index in [1.165, 1.54) is 11.0 Å². The smallest absolute Gasteiger partial charge is 0.309 e. The van der Waals surface area contributed by atoms with Crippen LogP contribution >= 0.6 is 16.1 Å². The Kier molecular flexibility index (Phi) is 2.26. The third-order valence-electron chi connectivity index (χ3n) is 2.32. The average Bonchev–Trinajstić information content (AvgIpc) is 2.44. The Morgan fingerprint density at radius 1 is 1.33 bits per heavy atom. The molecular weight excluding hydrogens is 262 g/mol. The molecule has 1 amide bonds. The van der Waals surface area contributed by atoms with Crippen LogP contribution in [0.15, 0.2) is 12.1 Å². The Bertz CT molecular complexity index is 470. The standard InChI is InChI=1S/C10H8BrNO3/c1-5-3-6(15-2)4-7-8(5)12(11)10(14)9(7)13/h3-4H,1-2H3. The first-order valence-corrected chi connectivity index (χ1v) is 5.00. The first-order valence-electron chi connectivity index (χ1n) is 4.29. The lowest BCUT2D eigenvalue weighted by Gasteiger charge is -2.10. The Hall–Kier alpha value is -1.36. The minimum Gasteiger partial charge on any atom is -0.497 e. The van der Waals surface area contributed by atoms with Crippen molar-refractivity contribution in [2.24, 2.45) is 0 Å². The number of carbonyl (C=O) groups excluding carboxylic acids is 2. The zero-order valence-electron chi connectivity index (χ0n) is 8.20. The number of nitrogens with zero attached hydrogens (tertiary/aromatic N) is 1. The predicted octanol–water partition coefficient (Wildman–Crippen LogP) is 1.84. The second kappa shape index (κ2) is 3.34. The highest BCUT2D eigenvalue weighted by Gasteiger charge is 2.36. The summed E-state index contributed by atoms with van der Waals surface area (Å²) >= 11 is 3.06. The first kappa shape index (κ1) is 10.2. The molecule has 0 radical (unpaired) electrons. The molecular formula is C10H8BrNO3. The van der Waals surface area contributed by atoms with Crippen LogP contribution < -0.4 is 8.66 Å². The number of aryl methyl sites for hydroxylation is 1. The van der Waals surface area contributed by atoms with Crippen LogP contribution in [-0.2, 0) is 4.79 Å². The third-order valence-corrected chi connectivity index (χ3v) is 3.00. The molecule has 1 aliphatic rings. The van der Waals surface area contributed by atoms with Crippen molar-refractivity contribution in [2.75, 3.05) is 11.0 Å². The maximum Gasteiger partial charge on any atom is 0.309 e. The Balaban J connectivity index is 2.69. The molecule has 0 unspecified atom stereocenters. The van der Waals surface area contributed by atoms with Gasteiger partial charge in [0.2, 0.25) is 0 Å². The molecule has 2 rings (SSSR count). The van der Waals surface area contributed by atoms with E-state index in [0.29, 0.717) is 17.0 Å². The van der Waals surface area contributed by atoms with Crippen molar-refractivity contribution in [3.63, 3.8) is 0 Å². The van der Waals surface area contributed by atoms with Gasteiger partial charge in [-0.3, -0.25) is 9.59 Å². The predicted molar refractivity (Wildman–Crippen MR) is 58.5 cm³/mol. The van der Waals surface area contributed by atoms with Gasteiger partial charge in [0.15, 0.2) is 0 Å². The van der Waals surface area contributed by atoms with E-state index in [0.717, 1.165) is 5.56 Å². The van der Waals surface area contributed by atoms with Crippen LogP contribution in [0.3, 0.4) is 0 Å². The molecule has 1 aliphatic heterocycles. The number of ketones is 1. The van der Waals surface area contributed by atoms with Crippen molar-refractivity contribution >= 4 is 33.5 Å². The largest absolute Gasteiger partial charge is 0.497 e. The molecule has 1 heterocycles. The highest BCUT2D eigenvalue weighted by atomic mass is 79.9. The summed E-state index contributed by atoms with van der Waals surface area (Å²) in [6.07, 6.45) is 0. The van der Waals surface area contributed by atoms with Gasteiger partial charge in [-0.15, -0.1) is 0 Å². The Labute approximate surface area is 95.2 Å². The number of ether oxygens (including phenoxy) is 1. The molecule has 0 saturated heterocycles. The molecule has 1 aromatic carbocycles. The van der Waals surface area contributed by atoms with Gasteiger partial charge in [-0.05, 0) is 24.6 Å². The van der Waals surface area contributed by atoms with E-state index < -0.39 is 11.7 Å². The zero-order valence-corrected chi connectivity index (χ0v) is 9.79. The van der Waals surface area contributed by atoms with E-state index in [4.69, 9.17) is 4.74 Å². The SMILES string of the molecule is COc1cc(C)c2c(c1)C(=O)C(=O)N2Br. The quantitative estimate of drug-likeness (QED) is 0.578. The Morgan fingerprint density at radius 2 is 2.00 bits per heavy atom. The van der Waals surface area contributed by atoms with Crippen molar-refractivity contribution in [2.45, 2.75) is 6.92 Å². The molecule has 0 N–H and O–H groups in total. The number of methoxy groups -OCH3 is 1. The highest BCUT2D eigenvalue weighted by molar-refractivity contribution is 9.10. The van der Waals surface area contributed by atoms with Gasteiger partial charge in [-0.25, -0.2) is 3.93 Å². The number of fused-ring (bicyclic) bond motifs is 1. The van der Waals surface area contributed by atoms with Crippen molar-refractivity contribution in [1.82, 2.24) is 0 Å². The van der Waals surface area contributed by atoms with E-state index in [9.17, 15) is 9.59 Å². The second-order valence-corrected chi connectivity index (χ2v) is 3.96. The molecule has 0 aromatic heterocycles. The first-order chi connectivity index (χ1) is 7.06. The Morgan fingerprint density at radius 3 is 2.60 bits per heavy atom. The zero-order chi connectivity index (χ0) is 11.2. The summed E-state index contributed by atoms with van der Waals surface area (Å²) in [4.78, 5) is 23.0. The number of amides is 1. The number of benzene rings is 1. The maximum atomic E-state index is 11.6. The molecule has 1 aromatic rings. The van der Waals surface area contributed by atoms with E-state index in [2.05, 4.69) is 16.1 Å². The van der Waals surface area contributed by atoms with Crippen LogP contribution in [-0.4, -0.2) is 18.8 Å². The van der Waals surface area contributed by atoms with Gasteiger partial charge >= 0.3 is 5.91 Å². The average molecular weight is 270 g/mol. The van der Waals surface area contributed by atoms with Gasteiger partial charge in [-0.1, -0.05) is 0 Å². The number of Topliss-reactive ketones (excluding diaryl/α,β-unsaturated/α-hetero) is 1. The van der Waals surface area contributed by atoms with Crippen LogP contribution in [0.25, 0.3) is 0 Å². The van der Waals surface area contributed by atoms with Crippen molar-refractivity contribution in [3.05, 3.63) is 23.3 Å². The number of hydrogen-bond donors (Lipinski definition) is 0. The van der Waals surface area contributed by atoms with E-state index >= 15 is 0 Å². The van der Waals surface area contributed by atoms with Crippen molar-refractivity contribution in [3.8, 4) is 5.75 Å². The van der Waals surface area contributed by atoms with Crippen LogP contribution in [0, 0.1) is 6.92 Å². The molecule has 0 spiro atoms. The van der Waals surface area contributed by atoms with Crippen molar-refractivity contribution in [1.29, 1.82) is 0 Å². The minimum absolute atomic E-state index is 0.383. The van der Waals surface area contributed by atoms with Crippen LogP contribution in [0.2, 0.25) is 0 Å². The fourth-order valence-electron chi connectivity index (χ4n) is 1.60. The van der Waals surface area contributed by atoms with Gasteiger partial charge in [0.05, 0.1) is 34.5 Å². The topological polar surface area (TPSA) is 46.6 Å². The van der Waals surface area contributed by atoms with Gasteiger partial charge < -0.3 is 4.74 Å². The molecule has 0 atom stereocenters. The molecule has 4 nitrogen and oxygen atoms in total. The van der Waals surface area contributed by atoms with Gasteiger partial charge in [0.25, 0.3) is 5.78 Å². The van der Waals surface area contributed by atoms with E-state index in [1.807, 2.05) is 6.92 Å². The molecule has 5 heteroatoms. The normalized spacial score (nSPS) is 14.5. The summed E-state index contributed by atoms with van der Waals surface area (Å²) in [5.41, 5.74) is 1.81. The third kappa shape index (κ3) is 1.34.